The summed E-state index contributed by atoms with van der Waals surface area (Å²) in [6.07, 6.45) is -3.84. The number of anilines is 1. The highest BCUT2D eigenvalue weighted by Gasteiger charge is 2.30. The van der Waals surface area contributed by atoms with Crippen LogP contribution in [0.3, 0.4) is 0 Å². The third-order valence-electron chi connectivity index (χ3n) is 1.31. The largest absolute Gasteiger partial charge is 0.408 e. The second kappa shape index (κ2) is 3.16. The Labute approximate surface area is 75.3 Å². The highest BCUT2D eigenvalue weighted by atomic mass is 19.4. The first-order chi connectivity index (χ1) is 6.29. The molecule has 2 N–H and O–H groups in total. The molecule has 0 amide bonds. The highest BCUT2D eigenvalue weighted by molar-refractivity contribution is 5.50. The van der Waals surface area contributed by atoms with Gasteiger partial charge < -0.3 is 5.73 Å². The van der Waals surface area contributed by atoms with Gasteiger partial charge in [-0.2, -0.15) is 13.2 Å². The molecule has 78 valence electrons. The van der Waals surface area contributed by atoms with Crippen LogP contribution in [-0.2, 0) is 6.54 Å². The van der Waals surface area contributed by atoms with Gasteiger partial charge in [0.05, 0.1) is 4.92 Å². The second-order valence-electron chi connectivity index (χ2n) is 2.47. The van der Waals surface area contributed by atoms with Crippen LogP contribution in [0.4, 0.5) is 24.7 Å². The SMILES string of the molecule is Nc1nn(CC(F)(F)F)cc1[N+](=O)[O-]. The van der Waals surface area contributed by atoms with Crippen molar-refractivity contribution in [2.45, 2.75) is 12.7 Å². The maximum absolute atomic E-state index is 11.8. The summed E-state index contributed by atoms with van der Waals surface area (Å²) in [7, 11) is 0. The molecule has 1 aromatic heterocycles. The Kier molecular flexibility index (Phi) is 2.32. The molecule has 0 saturated carbocycles. The summed E-state index contributed by atoms with van der Waals surface area (Å²) in [5.41, 5.74) is 4.39. The number of hydrogen-bond acceptors (Lipinski definition) is 4. The summed E-state index contributed by atoms with van der Waals surface area (Å²) >= 11 is 0. The van der Waals surface area contributed by atoms with Crippen LogP contribution < -0.4 is 5.73 Å². The van der Waals surface area contributed by atoms with Crippen LogP contribution in [0.15, 0.2) is 6.20 Å². The topological polar surface area (TPSA) is 87.0 Å². The monoisotopic (exact) mass is 210 g/mol. The number of halogens is 3. The van der Waals surface area contributed by atoms with Crippen molar-refractivity contribution in [3.05, 3.63) is 16.3 Å². The number of alkyl halides is 3. The molecule has 0 radical (unpaired) electrons. The van der Waals surface area contributed by atoms with E-state index >= 15 is 0 Å². The van der Waals surface area contributed by atoms with Crippen molar-refractivity contribution in [3.8, 4) is 0 Å². The Hall–Kier alpha value is -1.80. The fraction of sp³-hybridized carbons (Fsp3) is 0.400. The average molecular weight is 210 g/mol. The molecule has 0 spiro atoms. The van der Waals surface area contributed by atoms with Gasteiger partial charge in [0, 0.05) is 0 Å². The number of nitrogen functional groups attached to an aromatic ring is 1. The number of rotatable bonds is 2. The van der Waals surface area contributed by atoms with Gasteiger partial charge in [-0.25, -0.2) is 0 Å². The van der Waals surface area contributed by atoms with Crippen molar-refractivity contribution in [1.29, 1.82) is 0 Å². The zero-order valence-corrected chi connectivity index (χ0v) is 6.65. The van der Waals surface area contributed by atoms with Gasteiger partial charge in [-0.3, -0.25) is 14.8 Å². The van der Waals surface area contributed by atoms with Gasteiger partial charge >= 0.3 is 11.9 Å². The van der Waals surface area contributed by atoms with E-state index in [-0.39, 0.29) is 0 Å². The van der Waals surface area contributed by atoms with Crippen molar-refractivity contribution >= 4 is 11.5 Å². The van der Waals surface area contributed by atoms with E-state index in [0.717, 1.165) is 0 Å². The van der Waals surface area contributed by atoms with Gasteiger partial charge in [0.1, 0.15) is 12.7 Å². The third kappa shape index (κ3) is 2.34. The predicted molar refractivity (Wildman–Crippen MR) is 39.3 cm³/mol. The minimum Gasteiger partial charge on any atom is -0.376 e. The summed E-state index contributed by atoms with van der Waals surface area (Å²) in [6.45, 7) is -1.40. The predicted octanol–water partition coefficient (Wildman–Crippen LogP) is 0.936. The zero-order valence-electron chi connectivity index (χ0n) is 6.65. The molecule has 14 heavy (non-hydrogen) atoms. The Balaban J connectivity index is 2.92. The van der Waals surface area contributed by atoms with E-state index in [2.05, 4.69) is 5.10 Å². The smallest absolute Gasteiger partial charge is 0.376 e. The Bertz CT molecular complexity index is 358. The molecular formula is C5H5F3N4O2. The molecule has 1 aromatic rings. The number of nitrogens with zero attached hydrogens (tertiary/aromatic N) is 3. The van der Waals surface area contributed by atoms with Gasteiger partial charge in [0.15, 0.2) is 0 Å². The van der Waals surface area contributed by atoms with E-state index in [9.17, 15) is 23.3 Å². The molecule has 0 fully saturated rings. The Morgan fingerprint density at radius 3 is 2.57 bits per heavy atom. The number of aromatic nitrogens is 2. The number of hydrogen-bond donors (Lipinski definition) is 1. The third-order valence-corrected chi connectivity index (χ3v) is 1.31. The molecule has 6 nitrogen and oxygen atoms in total. The van der Waals surface area contributed by atoms with Crippen LogP contribution in [0.25, 0.3) is 0 Å². The van der Waals surface area contributed by atoms with E-state index in [4.69, 9.17) is 5.73 Å². The molecule has 1 heterocycles. The van der Waals surface area contributed by atoms with Gasteiger partial charge in [-0.05, 0) is 0 Å². The van der Waals surface area contributed by atoms with Crippen LogP contribution >= 0.6 is 0 Å². The van der Waals surface area contributed by atoms with Crippen LogP contribution in [-0.4, -0.2) is 20.9 Å². The maximum Gasteiger partial charge on any atom is 0.408 e. The van der Waals surface area contributed by atoms with Crippen LogP contribution in [0, 0.1) is 10.1 Å². The molecule has 0 bridgehead atoms. The highest BCUT2D eigenvalue weighted by Crippen LogP contribution is 2.22. The van der Waals surface area contributed by atoms with E-state index in [1.807, 2.05) is 0 Å². The number of nitro groups is 1. The lowest BCUT2D eigenvalue weighted by Gasteiger charge is -2.04. The van der Waals surface area contributed by atoms with Crippen molar-refractivity contribution < 1.29 is 18.1 Å². The lowest BCUT2D eigenvalue weighted by Crippen LogP contribution is -2.18. The molecule has 0 aliphatic carbocycles. The van der Waals surface area contributed by atoms with Gasteiger partial charge in [-0.1, -0.05) is 0 Å². The molecular weight excluding hydrogens is 205 g/mol. The van der Waals surface area contributed by atoms with Crippen molar-refractivity contribution in [2.75, 3.05) is 5.73 Å². The summed E-state index contributed by atoms with van der Waals surface area (Å²) in [4.78, 5) is 9.30. The summed E-state index contributed by atoms with van der Waals surface area (Å²) in [5.74, 6) is -0.528. The summed E-state index contributed by atoms with van der Waals surface area (Å²) < 4.78 is 35.8. The van der Waals surface area contributed by atoms with E-state index in [1.165, 1.54) is 0 Å². The zero-order chi connectivity index (χ0) is 10.9. The molecule has 9 heteroatoms. The first-order valence-electron chi connectivity index (χ1n) is 3.33. The quantitative estimate of drug-likeness (QED) is 0.581. The second-order valence-corrected chi connectivity index (χ2v) is 2.47. The maximum atomic E-state index is 11.8. The molecule has 1 rings (SSSR count). The van der Waals surface area contributed by atoms with E-state index < -0.39 is 29.1 Å². The van der Waals surface area contributed by atoms with Crippen LogP contribution in [0.1, 0.15) is 0 Å². The van der Waals surface area contributed by atoms with Crippen molar-refractivity contribution in [3.63, 3.8) is 0 Å². The van der Waals surface area contributed by atoms with Crippen LogP contribution in [0.2, 0.25) is 0 Å². The lowest BCUT2D eigenvalue weighted by atomic mass is 10.5. The van der Waals surface area contributed by atoms with Crippen molar-refractivity contribution in [2.24, 2.45) is 0 Å². The van der Waals surface area contributed by atoms with E-state index in [0.29, 0.717) is 10.9 Å². The van der Waals surface area contributed by atoms with Crippen LogP contribution in [0.5, 0.6) is 0 Å². The first-order valence-corrected chi connectivity index (χ1v) is 3.33. The standard InChI is InChI=1S/C5H5F3N4O2/c6-5(7,8)2-11-1-3(12(13)14)4(9)10-11/h1H,2H2,(H2,9,10). The molecule has 0 saturated heterocycles. The molecule has 0 aromatic carbocycles. The Morgan fingerprint density at radius 1 is 1.64 bits per heavy atom. The normalized spacial score (nSPS) is 11.6. The summed E-state index contributed by atoms with van der Waals surface area (Å²) in [5, 5.41) is 13.3. The van der Waals surface area contributed by atoms with Gasteiger partial charge in [0.2, 0.25) is 5.82 Å². The summed E-state index contributed by atoms with van der Waals surface area (Å²) in [6, 6.07) is 0. The fourth-order valence-electron chi connectivity index (χ4n) is 0.831. The Morgan fingerprint density at radius 2 is 2.21 bits per heavy atom. The fourth-order valence-corrected chi connectivity index (χ4v) is 0.831. The van der Waals surface area contributed by atoms with E-state index in [1.54, 1.807) is 0 Å². The first kappa shape index (κ1) is 10.3. The lowest BCUT2D eigenvalue weighted by molar-refractivity contribution is -0.384. The number of nitrogens with two attached hydrogens (primary N) is 1. The molecule has 0 unspecified atom stereocenters. The van der Waals surface area contributed by atoms with Gasteiger partial charge in [0.25, 0.3) is 0 Å². The minimum atomic E-state index is -4.48. The molecule has 0 aliphatic heterocycles. The van der Waals surface area contributed by atoms with Gasteiger partial charge in [-0.15, -0.1) is 5.10 Å². The van der Waals surface area contributed by atoms with Crippen molar-refractivity contribution in [1.82, 2.24) is 9.78 Å². The minimum absolute atomic E-state index is 0.382. The molecule has 0 atom stereocenters. The molecule has 0 aliphatic rings. The average Bonchev–Trinajstić information content (AvgIpc) is 2.26.